The highest BCUT2D eigenvalue weighted by molar-refractivity contribution is 6.02. The van der Waals surface area contributed by atoms with Crippen molar-refractivity contribution in [3.63, 3.8) is 0 Å². The lowest BCUT2D eigenvalue weighted by atomic mass is 10.0. The van der Waals surface area contributed by atoms with E-state index in [-0.39, 0.29) is 12.1 Å². The van der Waals surface area contributed by atoms with Crippen molar-refractivity contribution in [2.24, 2.45) is 5.16 Å². The molecular formula is C17H24N2O3. The molecule has 0 spiro atoms. The molecule has 1 unspecified atom stereocenters. The molecule has 22 heavy (non-hydrogen) atoms. The number of hydrogen-bond acceptors (Lipinski definition) is 5. The molecule has 0 aromatic heterocycles. The van der Waals surface area contributed by atoms with Gasteiger partial charge in [-0.1, -0.05) is 17.3 Å². The van der Waals surface area contributed by atoms with Gasteiger partial charge in [-0.25, -0.2) is 4.79 Å². The summed E-state index contributed by atoms with van der Waals surface area (Å²) in [4.78, 5) is 19.5. The number of carbonyl (C=O) groups is 1. The van der Waals surface area contributed by atoms with E-state index in [4.69, 9.17) is 9.57 Å². The highest BCUT2D eigenvalue weighted by atomic mass is 16.6. The maximum atomic E-state index is 12.0. The molecule has 5 heteroatoms. The SMILES string of the molecule is CN(C)CC1CC(c2ccc(C(=O)OC(C)(C)C)cc2)=NO1. The molecule has 0 radical (unpaired) electrons. The Balaban J connectivity index is 2.00. The van der Waals surface area contributed by atoms with Crippen LogP contribution >= 0.6 is 0 Å². The fourth-order valence-corrected chi connectivity index (χ4v) is 2.24. The summed E-state index contributed by atoms with van der Waals surface area (Å²) in [6, 6.07) is 7.31. The van der Waals surface area contributed by atoms with Crippen LogP contribution in [-0.4, -0.2) is 48.9 Å². The first-order chi connectivity index (χ1) is 10.2. The molecule has 0 bridgehead atoms. The van der Waals surface area contributed by atoms with E-state index in [0.717, 1.165) is 24.2 Å². The van der Waals surface area contributed by atoms with Gasteiger partial charge in [0.15, 0.2) is 0 Å². The highest BCUT2D eigenvalue weighted by Crippen LogP contribution is 2.19. The molecule has 1 aliphatic rings. The minimum Gasteiger partial charge on any atom is -0.456 e. The van der Waals surface area contributed by atoms with Crippen LogP contribution in [-0.2, 0) is 9.57 Å². The normalized spacial score (nSPS) is 18.1. The minimum absolute atomic E-state index is 0.0931. The van der Waals surface area contributed by atoms with Gasteiger partial charge in [-0.05, 0) is 52.6 Å². The Morgan fingerprint density at radius 2 is 1.95 bits per heavy atom. The summed E-state index contributed by atoms with van der Waals surface area (Å²) in [5.41, 5.74) is 1.96. The minimum atomic E-state index is -0.488. The van der Waals surface area contributed by atoms with Crippen LogP contribution in [0.25, 0.3) is 0 Å². The van der Waals surface area contributed by atoms with E-state index in [1.807, 2.05) is 47.0 Å². The predicted octanol–water partition coefficient (Wildman–Crippen LogP) is 2.70. The summed E-state index contributed by atoms with van der Waals surface area (Å²) in [6.45, 7) is 6.40. The Labute approximate surface area is 131 Å². The predicted molar refractivity (Wildman–Crippen MR) is 86.2 cm³/mol. The largest absolute Gasteiger partial charge is 0.456 e. The Kier molecular flexibility index (Phi) is 4.86. The van der Waals surface area contributed by atoms with Crippen LogP contribution in [0.15, 0.2) is 29.4 Å². The van der Waals surface area contributed by atoms with Gasteiger partial charge in [0, 0.05) is 13.0 Å². The number of hydrogen-bond donors (Lipinski definition) is 0. The zero-order valence-corrected chi connectivity index (χ0v) is 13.9. The van der Waals surface area contributed by atoms with Crippen LogP contribution in [0.3, 0.4) is 0 Å². The van der Waals surface area contributed by atoms with E-state index in [1.54, 1.807) is 12.1 Å². The van der Waals surface area contributed by atoms with Crippen LogP contribution in [0, 0.1) is 0 Å². The van der Waals surface area contributed by atoms with Gasteiger partial charge in [0.05, 0.1) is 11.3 Å². The van der Waals surface area contributed by atoms with Crippen LogP contribution < -0.4 is 0 Å². The van der Waals surface area contributed by atoms with E-state index in [2.05, 4.69) is 10.1 Å². The molecule has 0 fully saturated rings. The van der Waals surface area contributed by atoms with Crippen molar-refractivity contribution in [1.82, 2.24) is 4.90 Å². The van der Waals surface area contributed by atoms with Crippen molar-refractivity contribution >= 4 is 11.7 Å². The Hall–Kier alpha value is -1.88. The second-order valence-electron chi connectivity index (χ2n) is 6.81. The topological polar surface area (TPSA) is 51.1 Å². The molecule has 0 amide bonds. The number of rotatable bonds is 4. The second kappa shape index (κ2) is 6.48. The monoisotopic (exact) mass is 304 g/mol. The first-order valence-electron chi connectivity index (χ1n) is 7.46. The van der Waals surface area contributed by atoms with Gasteiger partial charge >= 0.3 is 5.97 Å². The van der Waals surface area contributed by atoms with Gasteiger partial charge in [0.2, 0.25) is 0 Å². The first-order valence-corrected chi connectivity index (χ1v) is 7.46. The van der Waals surface area contributed by atoms with Gasteiger partial charge in [-0.3, -0.25) is 0 Å². The lowest BCUT2D eigenvalue weighted by Gasteiger charge is -2.19. The molecule has 1 atom stereocenters. The third-order valence-electron chi connectivity index (χ3n) is 3.15. The zero-order valence-electron chi connectivity index (χ0n) is 13.9. The third-order valence-corrected chi connectivity index (χ3v) is 3.15. The lowest BCUT2D eigenvalue weighted by Crippen LogP contribution is -2.26. The van der Waals surface area contributed by atoms with E-state index in [9.17, 15) is 4.79 Å². The summed E-state index contributed by atoms with van der Waals surface area (Å²) in [5.74, 6) is -0.311. The number of benzene rings is 1. The maximum absolute atomic E-state index is 12.0. The van der Waals surface area contributed by atoms with E-state index >= 15 is 0 Å². The number of nitrogens with zero attached hydrogens (tertiary/aromatic N) is 2. The van der Waals surface area contributed by atoms with Crippen molar-refractivity contribution in [1.29, 1.82) is 0 Å². The summed E-state index contributed by atoms with van der Waals surface area (Å²) >= 11 is 0. The van der Waals surface area contributed by atoms with Gasteiger partial charge in [0.1, 0.15) is 11.7 Å². The van der Waals surface area contributed by atoms with Crippen LogP contribution in [0.2, 0.25) is 0 Å². The molecule has 5 nitrogen and oxygen atoms in total. The van der Waals surface area contributed by atoms with Crippen molar-refractivity contribution in [2.75, 3.05) is 20.6 Å². The smallest absolute Gasteiger partial charge is 0.338 e. The average molecular weight is 304 g/mol. The second-order valence-corrected chi connectivity index (χ2v) is 6.81. The van der Waals surface area contributed by atoms with E-state index in [1.165, 1.54) is 0 Å². The molecule has 1 heterocycles. The Bertz CT molecular complexity index is 556. The van der Waals surface area contributed by atoms with Crippen molar-refractivity contribution < 1.29 is 14.4 Å². The van der Waals surface area contributed by atoms with Crippen molar-refractivity contribution in [3.05, 3.63) is 35.4 Å². The van der Waals surface area contributed by atoms with Crippen LogP contribution in [0.1, 0.15) is 43.1 Å². The fourth-order valence-electron chi connectivity index (χ4n) is 2.24. The average Bonchev–Trinajstić information content (AvgIpc) is 2.84. The molecule has 0 aliphatic carbocycles. The molecule has 0 N–H and O–H groups in total. The van der Waals surface area contributed by atoms with Gasteiger partial charge < -0.3 is 14.5 Å². The fraction of sp³-hybridized carbons (Fsp3) is 0.529. The molecule has 0 saturated carbocycles. The van der Waals surface area contributed by atoms with Gasteiger partial charge in [-0.2, -0.15) is 0 Å². The summed E-state index contributed by atoms with van der Waals surface area (Å²) in [5, 5.41) is 4.15. The summed E-state index contributed by atoms with van der Waals surface area (Å²) < 4.78 is 5.35. The van der Waals surface area contributed by atoms with E-state index in [0.29, 0.717) is 5.56 Å². The number of oxime groups is 1. The first kappa shape index (κ1) is 16.5. The molecule has 2 rings (SSSR count). The van der Waals surface area contributed by atoms with Crippen LogP contribution in [0.4, 0.5) is 0 Å². The molecule has 0 saturated heterocycles. The quantitative estimate of drug-likeness (QED) is 0.803. The molecular weight excluding hydrogens is 280 g/mol. The highest BCUT2D eigenvalue weighted by Gasteiger charge is 2.23. The summed E-state index contributed by atoms with van der Waals surface area (Å²) in [6.07, 6.45) is 0.875. The number of ether oxygens (including phenoxy) is 1. The molecule has 1 aromatic carbocycles. The van der Waals surface area contributed by atoms with Gasteiger partial charge in [-0.15, -0.1) is 0 Å². The van der Waals surface area contributed by atoms with Crippen molar-refractivity contribution in [3.8, 4) is 0 Å². The maximum Gasteiger partial charge on any atom is 0.338 e. The van der Waals surface area contributed by atoms with Crippen molar-refractivity contribution in [2.45, 2.75) is 38.9 Å². The number of carbonyl (C=O) groups excluding carboxylic acids is 1. The lowest BCUT2D eigenvalue weighted by molar-refractivity contribution is 0.00695. The molecule has 1 aliphatic heterocycles. The zero-order chi connectivity index (χ0) is 16.3. The van der Waals surface area contributed by atoms with Crippen LogP contribution in [0.5, 0.6) is 0 Å². The summed E-state index contributed by atoms with van der Waals surface area (Å²) in [7, 11) is 4.02. The third kappa shape index (κ3) is 4.56. The van der Waals surface area contributed by atoms with Gasteiger partial charge in [0.25, 0.3) is 0 Å². The Morgan fingerprint density at radius 3 is 2.50 bits per heavy atom. The number of esters is 1. The molecule has 120 valence electrons. The molecule has 1 aromatic rings. The number of likely N-dealkylation sites (N-methyl/N-ethyl adjacent to an activating group) is 1. The standard InChI is InChI=1S/C17H24N2O3/c1-17(2,3)21-16(20)13-8-6-12(7-9-13)15-10-14(22-18-15)11-19(4)5/h6-9,14H,10-11H2,1-5H3. The van der Waals surface area contributed by atoms with E-state index < -0.39 is 5.60 Å². The Morgan fingerprint density at radius 1 is 1.32 bits per heavy atom.